The minimum absolute atomic E-state index is 0.101. The van der Waals surface area contributed by atoms with Crippen LogP contribution in [0.1, 0.15) is 29.2 Å². The van der Waals surface area contributed by atoms with Crippen LogP contribution in [-0.2, 0) is 0 Å². The molecule has 0 saturated carbocycles. The van der Waals surface area contributed by atoms with E-state index in [2.05, 4.69) is 32.0 Å². The highest BCUT2D eigenvalue weighted by Crippen LogP contribution is 2.21. The predicted molar refractivity (Wildman–Crippen MR) is 71.9 cm³/mol. The van der Waals surface area contributed by atoms with Gasteiger partial charge in [0.1, 0.15) is 0 Å². The zero-order valence-electron chi connectivity index (χ0n) is 10.1. The first-order valence-electron chi connectivity index (χ1n) is 5.66. The monoisotopic (exact) mass is 239 g/mol. The van der Waals surface area contributed by atoms with Crippen molar-refractivity contribution in [1.29, 1.82) is 0 Å². The maximum atomic E-state index is 8.68. The van der Waals surface area contributed by atoms with Crippen LogP contribution in [0.15, 0.2) is 18.2 Å². The quantitative estimate of drug-likeness (QED) is 0.749. The molecule has 0 aliphatic rings. The van der Waals surface area contributed by atoms with Crippen LogP contribution in [0, 0.1) is 13.8 Å². The first-order valence-corrected chi connectivity index (χ1v) is 6.82. The summed E-state index contributed by atoms with van der Waals surface area (Å²) in [6, 6.07) is 6.52. The number of hydrogen-bond donors (Lipinski definition) is 2. The van der Waals surface area contributed by atoms with E-state index in [1.165, 1.54) is 16.7 Å². The number of aliphatic hydroxyl groups excluding tert-OH is 1. The van der Waals surface area contributed by atoms with Crippen molar-refractivity contribution in [3.05, 3.63) is 34.9 Å². The van der Waals surface area contributed by atoms with Gasteiger partial charge >= 0.3 is 0 Å². The largest absolute Gasteiger partial charge is 0.396 e. The lowest BCUT2D eigenvalue weighted by atomic mass is 10.0. The fraction of sp³-hybridized carbons (Fsp3) is 0.538. The highest BCUT2D eigenvalue weighted by atomic mass is 32.2. The van der Waals surface area contributed by atoms with Crippen molar-refractivity contribution < 1.29 is 5.11 Å². The summed E-state index contributed by atoms with van der Waals surface area (Å²) >= 11 is 1.81. The summed E-state index contributed by atoms with van der Waals surface area (Å²) in [5.74, 6) is 1.90. The third-order valence-corrected chi connectivity index (χ3v) is 3.75. The average Bonchev–Trinajstić information content (AvgIpc) is 2.27. The molecule has 0 amide bonds. The first kappa shape index (κ1) is 13.6. The molecule has 3 heteroatoms. The molecule has 1 unspecified atom stereocenters. The number of rotatable bonds is 6. The van der Waals surface area contributed by atoms with Gasteiger partial charge in [0.2, 0.25) is 0 Å². The molecule has 0 fully saturated rings. The van der Waals surface area contributed by atoms with Gasteiger partial charge in [-0.3, -0.25) is 0 Å². The van der Waals surface area contributed by atoms with E-state index in [1.807, 2.05) is 11.8 Å². The summed E-state index contributed by atoms with van der Waals surface area (Å²) in [7, 11) is 0. The van der Waals surface area contributed by atoms with Crippen molar-refractivity contribution in [3.63, 3.8) is 0 Å². The Morgan fingerprint density at radius 2 is 2.12 bits per heavy atom. The molecule has 0 aromatic heterocycles. The number of aryl methyl sites for hydroxylation is 2. The topological polar surface area (TPSA) is 46.2 Å². The van der Waals surface area contributed by atoms with Crippen LogP contribution < -0.4 is 5.73 Å². The van der Waals surface area contributed by atoms with Crippen molar-refractivity contribution in [3.8, 4) is 0 Å². The molecule has 90 valence electrons. The van der Waals surface area contributed by atoms with Gasteiger partial charge in [-0.1, -0.05) is 23.8 Å². The molecular formula is C13H21NOS. The SMILES string of the molecule is Cc1ccc(C)c(C(N)CSCCCO)c1. The molecule has 1 rings (SSSR count). The summed E-state index contributed by atoms with van der Waals surface area (Å²) in [6.07, 6.45) is 0.851. The van der Waals surface area contributed by atoms with Gasteiger partial charge in [-0.25, -0.2) is 0 Å². The molecule has 3 N–H and O–H groups in total. The summed E-state index contributed by atoms with van der Waals surface area (Å²) in [5, 5.41) is 8.68. The van der Waals surface area contributed by atoms with Gasteiger partial charge in [0.25, 0.3) is 0 Å². The molecule has 0 bridgehead atoms. The lowest BCUT2D eigenvalue weighted by Crippen LogP contribution is -2.15. The third-order valence-electron chi connectivity index (χ3n) is 2.58. The Balaban J connectivity index is 2.51. The van der Waals surface area contributed by atoms with Crippen LogP contribution in [0.2, 0.25) is 0 Å². The van der Waals surface area contributed by atoms with Crippen molar-refractivity contribution in [2.75, 3.05) is 18.1 Å². The van der Waals surface area contributed by atoms with Gasteiger partial charge in [0.05, 0.1) is 0 Å². The fourth-order valence-corrected chi connectivity index (χ4v) is 2.56. The van der Waals surface area contributed by atoms with Crippen LogP contribution in [0.25, 0.3) is 0 Å². The number of benzene rings is 1. The molecule has 0 heterocycles. The molecule has 0 radical (unpaired) electrons. The third kappa shape index (κ3) is 4.16. The van der Waals surface area contributed by atoms with Gasteiger partial charge in [0, 0.05) is 18.4 Å². The highest BCUT2D eigenvalue weighted by molar-refractivity contribution is 7.99. The summed E-state index contributed by atoms with van der Waals surface area (Å²) in [4.78, 5) is 0. The summed E-state index contributed by atoms with van der Waals surface area (Å²) < 4.78 is 0. The van der Waals surface area contributed by atoms with E-state index in [0.29, 0.717) is 0 Å². The van der Waals surface area contributed by atoms with Crippen molar-refractivity contribution in [1.82, 2.24) is 0 Å². The van der Waals surface area contributed by atoms with Crippen molar-refractivity contribution in [2.45, 2.75) is 26.3 Å². The van der Waals surface area contributed by atoms with E-state index in [4.69, 9.17) is 10.8 Å². The minimum Gasteiger partial charge on any atom is -0.396 e. The Bertz CT molecular complexity index is 328. The van der Waals surface area contributed by atoms with Gasteiger partial charge < -0.3 is 10.8 Å². The van der Waals surface area contributed by atoms with Crippen LogP contribution in [0.5, 0.6) is 0 Å². The van der Waals surface area contributed by atoms with Gasteiger partial charge in [-0.15, -0.1) is 0 Å². The summed E-state index contributed by atoms with van der Waals surface area (Å²) in [5.41, 5.74) is 9.94. The molecule has 0 aliphatic heterocycles. The zero-order valence-corrected chi connectivity index (χ0v) is 10.9. The van der Waals surface area contributed by atoms with E-state index in [-0.39, 0.29) is 12.6 Å². The lowest BCUT2D eigenvalue weighted by Gasteiger charge is -2.15. The molecule has 1 atom stereocenters. The van der Waals surface area contributed by atoms with E-state index in [1.54, 1.807) is 0 Å². The maximum Gasteiger partial charge on any atom is 0.0438 e. The van der Waals surface area contributed by atoms with Gasteiger partial charge in [-0.05, 0) is 37.1 Å². The second kappa shape index (κ2) is 6.94. The number of aliphatic hydroxyl groups is 1. The Hall–Kier alpha value is -0.510. The van der Waals surface area contributed by atoms with Crippen LogP contribution in [0.3, 0.4) is 0 Å². The molecule has 1 aromatic rings. The molecule has 0 spiro atoms. The molecule has 0 saturated heterocycles. The van der Waals surface area contributed by atoms with Crippen LogP contribution in [-0.4, -0.2) is 23.2 Å². The zero-order chi connectivity index (χ0) is 12.0. The van der Waals surface area contributed by atoms with Crippen molar-refractivity contribution in [2.24, 2.45) is 5.73 Å². The van der Waals surface area contributed by atoms with E-state index in [9.17, 15) is 0 Å². The number of hydrogen-bond acceptors (Lipinski definition) is 3. The van der Waals surface area contributed by atoms with E-state index in [0.717, 1.165) is 17.9 Å². The molecule has 0 aliphatic carbocycles. The maximum absolute atomic E-state index is 8.68. The molecular weight excluding hydrogens is 218 g/mol. The second-order valence-electron chi connectivity index (χ2n) is 4.12. The van der Waals surface area contributed by atoms with Crippen LogP contribution in [0.4, 0.5) is 0 Å². The van der Waals surface area contributed by atoms with Gasteiger partial charge in [-0.2, -0.15) is 11.8 Å². The van der Waals surface area contributed by atoms with E-state index >= 15 is 0 Å². The van der Waals surface area contributed by atoms with Gasteiger partial charge in [0.15, 0.2) is 0 Å². The lowest BCUT2D eigenvalue weighted by molar-refractivity contribution is 0.296. The fourth-order valence-electron chi connectivity index (χ4n) is 1.63. The first-order chi connectivity index (χ1) is 7.65. The standard InChI is InChI=1S/C13H21NOS/c1-10-4-5-11(2)12(8-10)13(14)9-16-7-3-6-15/h4-5,8,13,15H,3,6-7,9,14H2,1-2H3. The molecule has 16 heavy (non-hydrogen) atoms. The second-order valence-corrected chi connectivity index (χ2v) is 5.27. The summed E-state index contributed by atoms with van der Waals surface area (Å²) in [6.45, 7) is 4.47. The van der Waals surface area contributed by atoms with Crippen molar-refractivity contribution >= 4 is 11.8 Å². The Kier molecular flexibility index (Phi) is 5.88. The number of thioether (sulfide) groups is 1. The molecule has 2 nitrogen and oxygen atoms in total. The minimum atomic E-state index is 0.101. The Labute approximate surface area is 102 Å². The van der Waals surface area contributed by atoms with Crippen LogP contribution >= 0.6 is 11.8 Å². The van der Waals surface area contributed by atoms with E-state index < -0.39 is 0 Å². The number of nitrogens with two attached hydrogens (primary N) is 1. The highest BCUT2D eigenvalue weighted by Gasteiger charge is 2.08. The Morgan fingerprint density at radius 3 is 2.81 bits per heavy atom. The normalized spacial score (nSPS) is 12.8. The Morgan fingerprint density at radius 1 is 1.38 bits per heavy atom. The predicted octanol–water partition coefficient (Wildman–Crippen LogP) is 2.42. The average molecular weight is 239 g/mol. The smallest absolute Gasteiger partial charge is 0.0438 e. The molecule has 1 aromatic carbocycles.